The van der Waals surface area contributed by atoms with Gasteiger partial charge in [-0.15, -0.1) is 0 Å². The zero-order valence-corrected chi connectivity index (χ0v) is 20.7. The minimum absolute atomic E-state index is 0.111. The number of nitrogens with one attached hydrogen (secondary N) is 1. The Morgan fingerprint density at radius 2 is 1.50 bits per heavy atom. The molecule has 4 aromatic rings. The van der Waals surface area contributed by atoms with Crippen LogP contribution in [-0.4, -0.2) is 52.8 Å². The number of rotatable bonds is 7. The number of aromatic nitrogens is 1. The number of para-hydroxylation sites is 1. The first-order chi connectivity index (χ1) is 18.5. The SMILES string of the molecule is O=C(Nc1ccc(Oc2ccccc2)cc1)c1ccc(C(=O)N2CCN(Cc3ccc(F)cc3)CC2)cn1. The third-order valence-electron chi connectivity index (χ3n) is 6.31. The number of carbonyl (C=O) groups is 2. The summed E-state index contributed by atoms with van der Waals surface area (Å²) in [5.41, 5.74) is 2.31. The maximum absolute atomic E-state index is 13.1. The number of benzene rings is 3. The van der Waals surface area contributed by atoms with Crippen LogP contribution < -0.4 is 10.1 Å². The monoisotopic (exact) mass is 510 g/mol. The van der Waals surface area contributed by atoms with Gasteiger partial charge < -0.3 is 15.0 Å². The molecule has 1 aromatic heterocycles. The number of nitrogens with zero attached hydrogens (tertiary/aromatic N) is 3. The van der Waals surface area contributed by atoms with Crippen molar-refractivity contribution in [3.8, 4) is 11.5 Å². The number of amides is 2. The maximum Gasteiger partial charge on any atom is 0.274 e. The van der Waals surface area contributed by atoms with Crippen molar-refractivity contribution in [2.24, 2.45) is 0 Å². The molecule has 1 aliphatic rings. The van der Waals surface area contributed by atoms with E-state index in [1.165, 1.54) is 18.3 Å². The average molecular weight is 511 g/mol. The second-order valence-corrected chi connectivity index (χ2v) is 9.02. The molecule has 7 nitrogen and oxygen atoms in total. The molecule has 1 aliphatic heterocycles. The molecule has 8 heteroatoms. The molecule has 0 atom stereocenters. The zero-order valence-electron chi connectivity index (χ0n) is 20.7. The van der Waals surface area contributed by atoms with E-state index in [4.69, 9.17) is 4.74 Å². The number of hydrogen-bond acceptors (Lipinski definition) is 5. The first-order valence-corrected chi connectivity index (χ1v) is 12.4. The normalized spacial score (nSPS) is 13.7. The highest BCUT2D eigenvalue weighted by Crippen LogP contribution is 2.23. The van der Waals surface area contributed by atoms with Crippen LogP contribution in [0.2, 0.25) is 0 Å². The summed E-state index contributed by atoms with van der Waals surface area (Å²) >= 11 is 0. The van der Waals surface area contributed by atoms with Gasteiger partial charge in [0, 0.05) is 44.6 Å². The van der Waals surface area contributed by atoms with Crippen molar-refractivity contribution < 1.29 is 18.7 Å². The Labute approximate surface area is 220 Å². The van der Waals surface area contributed by atoms with Gasteiger partial charge in [-0.1, -0.05) is 30.3 Å². The summed E-state index contributed by atoms with van der Waals surface area (Å²) in [7, 11) is 0. The third kappa shape index (κ3) is 6.41. The molecule has 0 radical (unpaired) electrons. The van der Waals surface area contributed by atoms with E-state index in [0.717, 1.165) is 30.9 Å². The number of pyridine rings is 1. The van der Waals surface area contributed by atoms with Crippen LogP contribution in [0, 0.1) is 5.82 Å². The molecular formula is C30H27FN4O3. The van der Waals surface area contributed by atoms with Crippen molar-refractivity contribution in [2.75, 3.05) is 31.5 Å². The van der Waals surface area contributed by atoms with Crippen molar-refractivity contribution in [3.05, 3.63) is 120 Å². The minimum atomic E-state index is -0.366. The average Bonchev–Trinajstić information content (AvgIpc) is 2.96. The zero-order chi connectivity index (χ0) is 26.3. The molecule has 38 heavy (non-hydrogen) atoms. The van der Waals surface area contributed by atoms with Gasteiger partial charge in [-0.25, -0.2) is 4.39 Å². The smallest absolute Gasteiger partial charge is 0.274 e. The van der Waals surface area contributed by atoms with Crippen molar-refractivity contribution in [1.29, 1.82) is 0 Å². The van der Waals surface area contributed by atoms with Crippen LogP contribution in [0.3, 0.4) is 0 Å². The standard InChI is InChI=1S/C30H27FN4O3/c31-24-9-6-22(7-10-24)21-34-16-18-35(19-17-34)30(37)23-8-15-28(32-20-23)29(36)33-25-11-13-27(14-12-25)38-26-4-2-1-3-5-26/h1-15,20H,16-19,21H2,(H,33,36). The first-order valence-electron chi connectivity index (χ1n) is 12.4. The lowest BCUT2D eigenvalue weighted by molar-refractivity contribution is 0.0627. The maximum atomic E-state index is 13.1. The summed E-state index contributed by atoms with van der Waals surface area (Å²) in [6, 6.07) is 26.2. The Kier molecular flexibility index (Phi) is 7.70. The van der Waals surface area contributed by atoms with Crippen molar-refractivity contribution in [2.45, 2.75) is 6.54 Å². The molecule has 0 bridgehead atoms. The summed E-state index contributed by atoms with van der Waals surface area (Å²) in [6.45, 7) is 3.35. The van der Waals surface area contributed by atoms with Gasteiger partial charge in [-0.05, 0) is 66.2 Å². The molecule has 0 unspecified atom stereocenters. The van der Waals surface area contributed by atoms with Gasteiger partial charge in [0.05, 0.1) is 5.56 Å². The van der Waals surface area contributed by atoms with E-state index in [9.17, 15) is 14.0 Å². The van der Waals surface area contributed by atoms with Crippen LogP contribution in [-0.2, 0) is 6.54 Å². The Morgan fingerprint density at radius 3 is 2.16 bits per heavy atom. The van der Waals surface area contributed by atoms with E-state index in [1.807, 2.05) is 30.3 Å². The number of halogens is 1. The highest BCUT2D eigenvalue weighted by Gasteiger charge is 2.23. The van der Waals surface area contributed by atoms with Crippen LogP contribution >= 0.6 is 0 Å². The van der Waals surface area contributed by atoms with E-state index < -0.39 is 0 Å². The van der Waals surface area contributed by atoms with E-state index in [-0.39, 0.29) is 23.3 Å². The van der Waals surface area contributed by atoms with Gasteiger partial charge in [-0.3, -0.25) is 19.5 Å². The molecule has 1 fully saturated rings. The fourth-order valence-corrected chi connectivity index (χ4v) is 4.22. The molecule has 3 aromatic carbocycles. The summed E-state index contributed by atoms with van der Waals surface area (Å²) in [5.74, 6) is 0.668. The van der Waals surface area contributed by atoms with Crippen molar-refractivity contribution >= 4 is 17.5 Å². The van der Waals surface area contributed by atoms with Gasteiger partial charge in [0.1, 0.15) is 23.0 Å². The molecular weight excluding hydrogens is 483 g/mol. The summed E-state index contributed by atoms with van der Waals surface area (Å²) in [4.78, 5) is 33.8. The second kappa shape index (κ2) is 11.7. The number of piperazine rings is 1. The Balaban J connectivity index is 1.11. The van der Waals surface area contributed by atoms with Gasteiger partial charge in [0.2, 0.25) is 0 Å². The third-order valence-corrected chi connectivity index (χ3v) is 6.31. The van der Waals surface area contributed by atoms with Crippen LogP contribution in [0.5, 0.6) is 11.5 Å². The lowest BCUT2D eigenvalue weighted by atomic mass is 10.1. The Hall–Kier alpha value is -4.56. The van der Waals surface area contributed by atoms with Crippen molar-refractivity contribution in [1.82, 2.24) is 14.8 Å². The molecule has 1 N–H and O–H groups in total. The predicted molar refractivity (Wildman–Crippen MR) is 143 cm³/mol. The largest absolute Gasteiger partial charge is 0.457 e. The van der Waals surface area contributed by atoms with E-state index in [2.05, 4.69) is 15.2 Å². The van der Waals surface area contributed by atoms with Gasteiger partial charge in [0.15, 0.2) is 0 Å². The lowest BCUT2D eigenvalue weighted by Crippen LogP contribution is -2.48. The number of hydrogen-bond donors (Lipinski definition) is 1. The fraction of sp³-hybridized carbons (Fsp3) is 0.167. The van der Waals surface area contributed by atoms with Crippen molar-refractivity contribution in [3.63, 3.8) is 0 Å². The Bertz CT molecular complexity index is 1370. The second-order valence-electron chi connectivity index (χ2n) is 9.02. The van der Waals surface area contributed by atoms with Gasteiger partial charge >= 0.3 is 0 Å². The van der Waals surface area contributed by atoms with E-state index >= 15 is 0 Å². The first kappa shape index (κ1) is 25.1. The molecule has 5 rings (SSSR count). The van der Waals surface area contributed by atoms with Crippen LogP contribution in [0.4, 0.5) is 10.1 Å². The molecule has 0 aliphatic carbocycles. The molecule has 2 amide bonds. The molecule has 0 saturated carbocycles. The molecule has 1 saturated heterocycles. The predicted octanol–water partition coefficient (Wildman–Crippen LogP) is 5.22. The summed E-state index contributed by atoms with van der Waals surface area (Å²) in [5, 5.41) is 2.81. The number of ether oxygens (including phenoxy) is 1. The molecule has 2 heterocycles. The minimum Gasteiger partial charge on any atom is -0.457 e. The molecule has 0 spiro atoms. The number of carbonyl (C=O) groups excluding carboxylic acids is 2. The van der Waals surface area contributed by atoms with Crippen LogP contribution in [0.1, 0.15) is 26.4 Å². The quantitative estimate of drug-likeness (QED) is 0.369. The van der Waals surface area contributed by atoms with E-state index in [1.54, 1.807) is 53.4 Å². The lowest BCUT2D eigenvalue weighted by Gasteiger charge is -2.34. The Morgan fingerprint density at radius 1 is 0.816 bits per heavy atom. The number of anilines is 1. The van der Waals surface area contributed by atoms with Gasteiger partial charge in [0.25, 0.3) is 11.8 Å². The summed E-state index contributed by atoms with van der Waals surface area (Å²) in [6.07, 6.45) is 1.44. The fourth-order valence-electron chi connectivity index (χ4n) is 4.22. The van der Waals surface area contributed by atoms with Crippen LogP contribution in [0.15, 0.2) is 97.2 Å². The summed E-state index contributed by atoms with van der Waals surface area (Å²) < 4.78 is 18.9. The van der Waals surface area contributed by atoms with E-state index in [0.29, 0.717) is 30.1 Å². The molecule has 192 valence electrons. The highest BCUT2D eigenvalue weighted by molar-refractivity contribution is 6.03. The van der Waals surface area contributed by atoms with Crippen LogP contribution in [0.25, 0.3) is 0 Å². The highest BCUT2D eigenvalue weighted by atomic mass is 19.1. The van der Waals surface area contributed by atoms with Gasteiger partial charge in [-0.2, -0.15) is 0 Å². The topological polar surface area (TPSA) is 74.8 Å².